The van der Waals surface area contributed by atoms with Gasteiger partial charge in [0, 0.05) is 5.33 Å². The van der Waals surface area contributed by atoms with Crippen molar-refractivity contribution < 1.29 is 5.11 Å². The fraction of sp³-hybridized carbons (Fsp3) is 0.167. The van der Waals surface area contributed by atoms with Crippen LogP contribution in [0.25, 0.3) is 10.8 Å². The summed E-state index contributed by atoms with van der Waals surface area (Å²) < 4.78 is 0. The van der Waals surface area contributed by atoms with E-state index in [1.54, 1.807) is 0 Å². The summed E-state index contributed by atoms with van der Waals surface area (Å²) in [6.45, 7) is 0. The number of benzene rings is 2. The molecule has 2 heteroatoms. The molecule has 2 rings (SSSR count). The zero-order valence-electron chi connectivity index (χ0n) is 7.65. The summed E-state index contributed by atoms with van der Waals surface area (Å²) in [5.41, 5.74) is 0.959. The number of alkyl halides is 1. The molecule has 1 unspecified atom stereocenters. The van der Waals surface area contributed by atoms with Gasteiger partial charge in [0.15, 0.2) is 0 Å². The molecular formula is C12H11BrO. The number of rotatable bonds is 2. The van der Waals surface area contributed by atoms with E-state index in [-0.39, 0.29) is 0 Å². The van der Waals surface area contributed by atoms with Crippen molar-refractivity contribution in [1.82, 2.24) is 0 Å². The highest BCUT2D eigenvalue weighted by Crippen LogP contribution is 2.21. The molecule has 72 valence electrons. The zero-order chi connectivity index (χ0) is 9.97. The molecule has 0 aliphatic carbocycles. The van der Waals surface area contributed by atoms with Crippen molar-refractivity contribution in [3.63, 3.8) is 0 Å². The highest BCUT2D eigenvalue weighted by atomic mass is 79.9. The second-order valence-corrected chi connectivity index (χ2v) is 3.92. The second-order valence-electron chi connectivity index (χ2n) is 3.28. The molecule has 0 heterocycles. The molecule has 0 saturated carbocycles. The molecule has 0 aromatic heterocycles. The first-order chi connectivity index (χ1) is 6.81. The molecule has 0 amide bonds. The average molecular weight is 251 g/mol. The van der Waals surface area contributed by atoms with Crippen molar-refractivity contribution >= 4 is 26.7 Å². The predicted octanol–water partition coefficient (Wildman–Crippen LogP) is 3.27. The van der Waals surface area contributed by atoms with Gasteiger partial charge in [0.1, 0.15) is 0 Å². The van der Waals surface area contributed by atoms with Gasteiger partial charge in [-0.3, -0.25) is 0 Å². The van der Waals surface area contributed by atoms with E-state index in [0.29, 0.717) is 5.33 Å². The maximum Gasteiger partial charge on any atom is 0.0887 e. The molecule has 0 aliphatic rings. The summed E-state index contributed by atoms with van der Waals surface area (Å²) in [5.74, 6) is 0. The van der Waals surface area contributed by atoms with Crippen molar-refractivity contribution in [3.8, 4) is 0 Å². The number of aliphatic hydroxyl groups is 1. The third-order valence-electron chi connectivity index (χ3n) is 2.30. The van der Waals surface area contributed by atoms with Crippen molar-refractivity contribution in [2.75, 3.05) is 5.33 Å². The summed E-state index contributed by atoms with van der Waals surface area (Å²) in [6.07, 6.45) is -0.417. The van der Waals surface area contributed by atoms with Gasteiger partial charge in [-0.2, -0.15) is 0 Å². The Kier molecular flexibility index (Phi) is 2.85. The monoisotopic (exact) mass is 250 g/mol. The van der Waals surface area contributed by atoms with Crippen molar-refractivity contribution in [1.29, 1.82) is 0 Å². The Bertz CT molecular complexity index is 439. The molecule has 1 N–H and O–H groups in total. The summed E-state index contributed by atoms with van der Waals surface area (Å²) in [5, 5.41) is 12.6. The van der Waals surface area contributed by atoms with E-state index in [1.165, 1.54) is 10.8 Å². The zero-order valence-corrected chi connectivity index (χ0v) is 9.24. The first-order valence-corrected chi connectivity index (χ1v) is 5.66. The van der Waals surface area contributed by atoms with Gasteiger partial charge in [-0.05, 0) is 22.4 Å². The minimum absolute atomic E-state index is 0.417. The van der Waals surface area contributed by atoms with Gasteiger partial charge in [0.2, 0.25) is 0 Å². The van der Waals surface area contributed by atoms with Crippen LogP contribution < -0.4 is 0 Å². The minimum atomic E-state index is -0.417. The smallest absolute Gasteiger partial charge is 0.0887 e. The Hall–Kier alpha value is -0.860. The van der Waals surface area contributed by atoms with E-state index in [4.69, 9.17) is 0 Å². The van der Waals surface area contributed by atoms with E-state index in [1.807, 2.05) is 30.3 Å². The van der Waals surface area contributed by atoms with Crippen LogP contribution in [0.4, 0.5) is 0 Å². The SMILES string of the molecule is OC(CBr)c1ccc2ccccc2c1. The van der Waals surface area contributed by atoms with Gasteiger partial charge in [-0.15, -0.1) is 0 Å². The highest BCUT2D eigenvalue weighted by molar-refractivity contribution is 9.09. The van der Waals surface area contributed by atoms with Crippen LogP contribution in [-0.2, 0) is 0 Å². The molecule has 0 bridgehead atoms. The fourth-order valence-electron chi connectivity index (χ4n) is 1.50. The van der Waals surface area contributed by atoms with Gasteiger partial charge in [0.05, 0.1) is 6.10 Å². The van der Waals surface area contributed by atoms with Crippen LogP contribution in [-0.4, -0.2) is 10.4 Å². The predicted molar refractivity (Wildman–Crippen MR) is 62.7 cm³/mol. The van der Waals surface area contributed by atoms with Crippen molar-refractivity contribution in [2.24, 2.45) is 0 Å². The highest BCUT2D eigenvalue weighted by Gasteiger charge is 2.05. The van der Waals surface area contributed by atoms with Crippen LogP contribution in [0.5, 0.6) is 0 Å². The summed E-state index contributed by atoms with van der Waals surface area (Å²) >= 11 is 3.27. The van der Waals surface area contributed by atoms with Gasteiger partial charge in [0.25, 0.3) is 0 Å². The van der Waals surface area contributed by atoms with E-state index < -0.39 is 6.10 Å². The number of halogens is 1. The largest absolute Gasteiger partial charge is 0.388 e. The Balaban J connectivity index is 2.51. The van der Waals surface area contributed by atoms with Crippen LogP contribution in [0.15, 0.2) is 42.5 Å². The Labute approximate surface area is 91.5 Å². The molecule has 0 radical (unpaired) electrons. The quantitative estimate of drug-likeness (QED) is 0.812. The summed E-state index contributed by atoms with van der Waals surface area (Å²) in [4.78, 5) is 0. The van der Waals surface area contributed by atoms with E-state index in [0.717, 1.165) is 5.56 Å². The van der Waals surface area contributed by atoms with E-state index in [9.17, 15) is 5.11 Å². The summed E-state index contributed by atoms with van der Waals surface area (Å²) in [6, 6.07) is 14.2. The number of hydrogen-bond acceptors (Lipinski definition) is 1. The van der Waals surface area contributed by atoms with E-state index in [2.05, 4.69) is 28.1 Å². The molecule has 1 atom stereocenters. The van der Waals surface area contributed by atoms with Crippen LogP contribution >= 0.6 is 15.9 Å². The molecule has 2 aromatic rings. The van der Waals surface area contributed by atoms with Crippen LogP contribution in [0.1, 0.15) is 11.7 Å². The minimum Gasteiger partial charge on any atom is -0.388 e. The van der Waals surface area contributed by atoms with Crippen LogP contribution in [0.3, 0.4) is 0 Å². The van der Waals surface area contributed by atoms with Gasteiger partial charge < -0.3 is 5.11 Å². The molecule has 14 heavy (non-hydrogen) atoms. The number of fused-ring (bicyclic) bond motifs is 1. The lowest BCUT2D eigenvalue weighted by Crippen LogP contribution is -1.97. The first-order valence-electron chi connectivity index (χ1n) is 4.54. The lowest BCUT2D eigenvalue weighted by Gasteiger charge is -2.08. The molecular weight excluding hydrogens is 240 g/mol. The Morgan fingerprint density at radius 2 is 1.79 bits per heavy atom. The lowest BCUT2D eigenvalue weighted by atomic mass is 10.0. The van der Waals surface area contributed by atoms with E-state index >= 15 is 0 Å². The third-order valence-corrected chi connectivity index (χ3v) is 2.92. The second kappa shape index (κ2) is 4.11. The third kappa shape index (κ3) is 1.81. The molecule has 0 fully saturated rings. The maximum atomic E-state index is 9.64. The van der Waals surface area contributed by atoms with Gasteiger partial charge in [-0.25, -0.2) is 0 Å². The first kappa shape index (κ1) is 9.69. The van der Waals surface area contributed by atoms with Gasteiger partial charge >= 0.3 is 0 Å². The van der Waals surface area contributed by atoms with Crippen LogP contribution in [0.2, 0.25) is 0 Å². The number of hydrogen-bond donors (Lipinski definition) is 1. The Morgan fingerprint density at radius 1 is 1.07 bits per heavy atom. The summed E-state index contributed by atoms with van der Waals surface area (Å²) in [7, 11) is 0. The van der Waals surface area contributed by atoms with Gasteiger partial charge in [-0.1, -0.05) is 52.3 Å². The average Bonchev–Trinajstić information content (AvgIpc) is 2.27. The molecule has 2 aromatic carbocycles. The molecule has 1 nitrogen and oxygen atoms in total. The molecule has 0 aliphatic heterocycles. The standard InChI is InChI=1S/C12H11BrO/c13-8-12(14)11-6-5-9-3-1-2-4-10(9)7-11/h1-7,12,14H,8H2. The number of aliphatic hydroxyl groups excluding tert-OH is 1. The topological polar surface area (TPSA) is 20.2 Å². The van der Waals surface area contributed by atoms with Crippen molar-refractivity contribution in [2.45, 2.75) is 6.10 Å². The molecule has 0 saturated heterocycles. The fourth-order valence-corrected chi connectivity index (χ4v) is 1.88. The molecule has 0 spiro atoms. The normalized spacial score (nSPS) is 13.0. The van der Waals surface area contributed by atoms with Crippen LogP contribution in [0, 0.1) is 0 Å². The maximum absolute atomic E-state index is 9.64. The lowest BCUT2D eigenvalue weighted by molar-refractivity contribution is 0.205. The van der Waals surface area contributed by atoms with Crippen molar-refractivity contribution in [3.05, 3.63) is 48.0 Å². The Morgan fingerprint density at radius 3 is 2.50 bits per heavy atom.